The van der Waals surface area contributed by atoms with E-state index in [1.54, 1.807) is 0 Å². The van der Waals surface area contributed by atoms with Gasteiger partial charge >= 0.3 is 0 Å². The fourth-order valence-corrected chi connectivity index (χ4v) is 8.18. The van der Waals surface area contributed by atoms with E-state index in [0.29, 0.717) is 11.8 Å². The number of ether oxygens (including phenoxy) is 2. The van der Waals surface area contributed by atoms with Gasteiger partial charge in [-0.2, -0.15) is 0 Å². The van der Waals surface area contributed by atoms with Crippen LogP contribution in [-0.4, -0.2) is 13.2 Å². The van der Waals surface area contributed by atoms with Gasteiger partial charge < -0.3 is 9.47 Å². The molecule has 1 aliphatic rings. The van der Waals surface area contributed by atoms with Gasteiger partial charge in [-0.1, -0.05) is 148 Å². The Balaban J connectivity index is 1.40. The summed E-state index contributed by atoms with van der Waals surface area (Å²) in [5, 5.41) is 0. The minimum atomic E-state index is -0.495. The highest BCUT2D eigenvalue weighted by atomic mass is 79.9. The van der Waals surface area contributed by atoms with E-state index in [0.717, 1.165) is 58.3 Å². The summed E-state index contributed by atoms with van der Waals surface area (Å²) in [6.07, 6.45) is 9.92. The second kappa shape index (κ2) is 17.6. The molecule has 0 N–H and O–H groups in total. The number of benzene rings is 4. The minimum absolute atomic E-state index is 0.495. The maximum atomic E-state index is 6.31. The zero-order valence-corrected chi connectivity index (χ0v) is 33.7. The van der Waals surface area contributed by atoms with E-state index in [2.05, 4.69) is 158 Å². The Morgan fingerprint density at radius 3 is 1.24 bits per heavy atom. The molecule has 0 aromatic heterocycles. The van der Waals surface area contributed by atoms with Gasteiger partial charge in [0.05, 0.1) is 18.6 Å². The van der Waals surface area contributed by atoms with Crippen molar-refractivity contribution < 1.29 is 9.47 Å². The van der Waals surface area contributed by atoms with Crippen LogP contribution in [0.25, 0.3) is 11.1 Å². The first-order chi connectivity index (χ1) is 23.6. The van der Waals surface area contributed by atoms with E-state index in [1.165, 1.54) is 71.9 Å². The number of hydrogen-bond acceptors (Lipinski definition) is 2. The van der Waals surface area contributed by atoms with Crippen LogP contribution in [0.15, 0.2) is 93.9 Å². The average Bonchev–Trinajstić information content (AvgIpc) is 3.34. The molecule has 2 unspecified atom stereocenters. The molecule has 4 aromatic rings. The molecule has 0 saturated carbocycles. The molecule has 2 atom stereocenters. The quantitative estimate of drug-likeness (QED) is 0.0880. The van der Waals surface area contributed by atoms with Crippen LogP contribution in [0.1, 0.15) is 115 Å². The summed E-state index contributed by atoms with van der Waals surface area (Å²) >= 11 is 7.64. The van der Waals surface area contributed by atoms with Gasteiger partial charge in [-0.25, -0.2) is 0 Å². The average molecular weight is 789 g/mol. The van der Waals surface area contributed by atoms with Crippen LogP contribution < -0.4 is 9.47 Å². The van der Waals surface area contributed by atoms with Gasteiger partial charge in [0, 0.05) is 8.95 Å². The molecule has 0 radical (unpaired) electrons. The molecule has 49 heavy (non-hydrogen) atoms. The van der Waals surface area contributed by atoms with Gasteiger partial charge in [0.1, 0.15) is 11.5 Å². The van der Waals surface area contributed by atoms with Crippen molar-refractivity contribution in [3.05, 3.63) is 116 Å². The highest BCUT2D eigenvalue weighted by Gasteiger charge is 2.46. The van der Waals surface area contributed by atoms with Crippen LogP contribution >= 0.6 is 31.9 Å². The number of rotatable bonds is 18. The second-order valence-electron chi connectivity index (χ2n) is 15.3. The molecule has 4 heteroatoms. The van der Waals surface area contributed by atoms with Gasteiger partial charge in [0.15, 0.2) is 0 Å². The third-order valence-corrected chi connectivity index (χ3v) is 11.3. The lowest BCUT2D eigenvalue weighted by Crippen LogP contribution is -2.28. The monoisotopic (exact) mass is 786 g/mol. The van der Waals surface area contributed by atoms with Crippen LogP contribution in [0.2, 0.25) is 0 Å². The lowest BCUT2D eigenvalue weighted by Gasteiger charge is -2.34. The zero-order valence-electron chi connectivity index (χ0n) is 30.5. The van der Waals surface area contributed by atoms with Crippen LogP contribution in [0, 0.1) is 23.7 Å². The van der Waals surface area contributed by atoms with Gasteiger partial charge in [-0.3, -0.25) is 0 Å². The largest absolute Gasteiger partial charge is 0.494 e. The first kappa shape index (κ1) is 37.7. The standard InChI is InChI=1S/C45H56Br2O2/c1-31(2)9-7-11-33(5)25-27-48-39-19-13-35(14-20-39)45(43-29-37(46)17-23-41(43)42-24-18-38(47)30-44(42)45)36-15-21-40(22-16-36)49-28-26-34(6)12-8-10-32(3)4/h13-24,29-34H,7-12,25-28H2,1-6H3. The van der Waals surface area contributed by atoms with Crippen LogP contribution in [-0.2, 0) is 5.41 Å². The van der Waals surface area contributed by atoms with Crippen molar-refractivity contribution in [2.45, 2.75) is 98.3 Å². The van der Waals surface area contributed by atoms with Crippen LogP contribution in [0.3, 0.4) is 0 Å². The summed E-state index contributed by atoms with van der Waals surface area (Å²) in [5.41, 5.74) is 7.05. The van der Waals surface area contributed by atoms with Crippen molar-refractivity contribution in [3.63, 3.8) is 0 Å². The third-order valence-electron chi connectivity index (χ3n) is 10.4. The van der Waals surface area contributed by atoms with Crippen molar-refractivity contribution in [1.29, 1.82) is 0 Å². The fraction of sp³-hybridized carbons (Fsp3) is 0.467. The van der Waals surface area contributed by atoms with Crippen molar-refractivity contribution in [3.8, 4) is 22.6 Å². The van der Waals surface area contributed by atoms with Crippen molar-refractivity contribution >= 4 is 31.9 Å². The minimum Gasteiger partial charge on any atom is -0.494 e. The summed E-state index contributed by atoms with van der Waals surface area (Å²) in [6.45, 7) is 15.4. The van der Waals surface area contributed by atoms with E-state index < -0.39 is 5.41 Å². The first-order valence-corrected chi connectivity index (χ1v) is 20.2. The maximum Gasteiger partial charge on any atom is 0.119 e. The number of fused-ring (bicyclic) bond motifs is 3. The van der Waals surface area contributed by atoms with Gasteiger partial charge in [0.25, 0.3) is 0 Å². The summed E-state index contributed by atoms with van der Waals surface area (Å²) in [6, 6.07) is 31.2. The molecule has 0 heterocycles. The normalized spacial score (nSPS) is 14.5. The van der Waals surface area contributed by atoms with Crippen LogP contribution in [0.4, 0.5) is 0 Å². The Morgan fingerprint density at radius 2 is 0.878 bits per heavy atom. The molecule has 5 rings (SSSR count). The second-order valence-corrected chi connectivity index (χ2v) is 17.1. The van der Waals surface area contributed by atoms with Crippen molar-refractivity contribution in [2.24, 2.45) is 23.7 Å². The molecule has 0 bridgehead atoms. The lowest BCUT2D eigenvalue weighted by atomic mass is 9.67. The van der Waals surface area contributed by atoms with E-state index >= 15 is 0 Å². The van der Waals surface area contributed by atoms with Crippen LogP contribution in [0.5, 0.6) is 11.5 Å². The molecule has 2 nitrogen and oxygen atoms in total. The summed E-state index contributed by atoms with van der Waals surface area (Å²) in [5.74, 6) is 4.76. The molecule has 1 aliphatic carbocycles. The summed E-state index contributed by atoms with van der Waals surface area (Å²) in [4.78, 5) is 0. The number of halogens is 2. The lowest BCUT2D eigenvalue weighted by molar-refractivity contribution is 0.275. The highest BCUT2D eigenvalue weighted by molar-refractivity contribution is 9.10. The molecule has 262 valence electrons. The molecule has 4 aromatic carbocycles. The van der Waals surface area contributed by atoms with E-state index in [9.17, 15) is 0 Å². The van der Waals surface area contributed by atoms with E-state index in [1.807, 2.05) is 0 Å². The predicted molar refractivity (Wildman–Crippen MR) is 215 cm³/mol. The fourth-order valence-electron chi connectivity index (χ4n) is 7.45. The zero-order chi connectivity index (χ0) is 35.0. The molecule has 0 aliphatic heterocycles. The van der Waals surface area contributed by atoms with Gasteiger partial charge in [0.2, 0.25) is 0 Å². The molecule has 0 amide bonds. The summed E-state index contributed by atoms with van der Waals surface area (Å²) in [7, 11) is 0. The number of hydrogen-bond donors (Lipinski definition) is 0. The first-order valence-electron chi connectivity index (χ1n) is 18.6. The Hall–Kier alpha value is -2.56. The molecular formula is C45H56Br2O2. The molecular weight excluding hydrogens is 732 g/mol. The van der Waals surface area contributed by atoms with E-state index in [4.69, 9.17) is 9.47 Å². The van der Waals surface area contributed by atoms with E-state index in [-0.39, 0.29) is 0 Å². The molecule has 0 spiro atoms. The smallest absolute Gasteiger partial charge is 0.119 e. The maximum absolute atomic E-state index is 6.31. The highest BCUT2D eigenvalue weighted by Crippen LogP contribution is 2.57. The molecule has 0 saturated heterocycles. The Labute approximate surface area is 313 Å². The topological polar surface area (TPSA) is 18.5 Å². The van der Waals surface area contributed by atoms with Crippen molar-refractivity contribution in [1.82, 2.24) is 0 Å². The Morgan fingerprint density at radius 1 is 0.490 bits per heavy atom. The van der Waals surface area contributed by atoms with Crippen molar-refractivity contribution in [2.75, 3.05) is 13.2 Å². The Bertz CT molecular complexity index is 1500. The SMILES string of the molecule is CC(C)CCCC(C)CCOc1ccc(C2(c3ccc(OCCC(C)CCCC(C)C)cc3)c3cc(Br)ccc3-c3ccc(Br)cc32)cc1. The Kier molecular flexibility index (Phi) is 13.5. The van der Waals surface area contributed by atoms with Gasteiger partial charge in [-0.15, -0.1) is 0 Å². The molecule has 0 fully saturated rings. The summed E-state index contributed by atoms with van der Waals surface area (Å²) < 4.78 is 14.8. The van der Waals surface area contributed by atoms with Gasteiger partial charge in [-0.05, 0) is 118 Å². The predicted octanol–water partition coefficient (Wildman–Crippen LogP) is 14.0. The third kappa shape index (κ3) is 9.41.